The Bertz CT molecular complexity index is 1690. The fourth-order valence-corrected chi connectivity index (χ4v) is 4.71. The average molecular weight is 565 g/mol. The summed E-state index contributed by atoms with van der Waals surface area (Å²) in [5.41, 5.74) is -2.74. The minimum absolute atomic E-state index is 0.0652. The summed E-state index contributed by atoms with van der Waals surface area (Å²) in [6.45, 7) is 7.12. The van der Waals surface area contributed by atoms with Crippen LogP contribution in [0, 0.1) is 11.3 Å². The molecule has 1 aromatic carbocycles. The van der Waals surface area contributed by atoms with E-state index in [9.17, 15) is 23.3 Å². The van der Waals surface area contributed by atoms with Crippen LogP contribution in [0.1, 0.15) is 43.3 Å². The van der Waals surface area contributed by atoms with E-state index < -0.39 is 48.8 Å². The zero-order valence-electron chi connectivity index (χ0n) is 20.6. The Labute approximate surface area is 221 Å². The van der Waals surface area contributed by atoms with Crippen molar-refractivity contribution in [1.82, 2.24) is 14.5 Å². The van der Waals surface area contributed by atoms with Crippen LogP contribution in [0.25, 0.3) is 0 Å². The molecule has 0 saturated heterocycles. The summed E-state index contributed by atoms with van der Waals surface area (Å²) in [6, 6.07) is 6.79. The number of alkyl halides is 2. The van der Waals surface area contributed by atoms with Gasteiger partial charge in [-0.3, -0.25) is 14.2 Å². The summed E-state index contributed by atoms with van der Waals surface area (Å²) >= 11 is 5.99. The smallest absolute Gasteiger partial charge is 0.314 e. The van der Waals surface area contributed by atoms with Crippen molar-refractivity contribution in [3.05, 3.63) is 91.0 Å². The maximum atomic E-state index is 15.0. The van der Waals surface area contributed by atoms with Crippen LogP contribution >= 0.6 is 11.6 Å². The molecule has 3 aromatic rings. The quantitative estimate of drug-likeness (QED) is 0.382. The first-order valence-corrected chi connectivity index (χ1v) is 13.3. The highest BCUT2D eigenvalue weighted by molar-refractivity contribution is 7.91. The summed E-state index contributed by atoms with van der Waals surface area (Å²) in [4.78, 5) is 31.7. The Morgan fingerprint density at radius 3 is 2.53 bits per heavy atom. The van der Waals surface area contributed by atoms with Gasteiger partial charge in [0.25, 0.3) is 11.1 Å². The molecule has 0 aliphatic heterocycles. The third-order valence-corrected chi connectivity index (χ3v) is 7.59. The second kappa shape index (κ2) is 10.9. The molecule has 2 heterocycles. The van der Waals surface area contributed by atoms with E-state index in [1.165, 1.54) is 25.1 Å². The summed E-state index contributed by atoms with van der Waals surface area (Å²) < 4.78 is 61.3. The molecule has 200 valence electrons. The molecule has 3 rings (SSSR count). The summed E-state index contributed by atoms with van der Waals surface area (Å²) in [7, 11) is -3.89. The van der Waals surface area contributed by atoms with Crippen molar-refractivity contribution in [2.24, 2.45) is 0 Å². The number of pyridine rings is 1. The van der Waals surface area contributed by atoms with Crippen LogP contribution in [-0.2, 0) is 28.7 Å². The fraction of sp³-hybridized carbons (Fsp3) is 0.280. The highest BCUT2D eigenvalue weighted by Crippen LogP contribution is 2.38. The molecule has 0 saturated carbocycles. The summed E-state index contributed by atoms with van der Waals surface area (Å²) in [5.74, 6) is -5.07. The molecular formula is C25H23ClF2N4O5S. The van der Waals surface area contributed by atoms with Gasteiger partial charge in [-0.05, 0) is 48.7 Å². The van der Waals surface area contributed by atoms with Gasteiger partial charge in [0.15, 0.2) is 15.5 Å². The number of nitrogens with one attached hydrogen (secondary N) is 1. The van der Waals surface area contributed by atoms with E-state index in [1.54, 1.807) is 6.92 Å². The van der Waals surface area contributed by atoms with Gasteiger partial charge in [0, 0.05) is 10.7 Å². The second-order valence-corrected chi connectivity index (χ2v) is 11.0. The minimum atomic E-state index is -3.89. The number of ether oxygens (including phenoxy) is 1. The normalized spacial score (nSPS) is 11.7. The predicted molar refractivity (Wildman–Crippen MR) is 137 cm³/mol. The van der Waals surface area contributed by atoms with E-state index in [4.69, 9.17) is 16.3 Å². The zero-order valence-corrected chi connectivity index (χ0v) is 22.2. The topological polar surface area (TPSA) is 135 Å². The molecule has 0 radical (unpaired) electrons. The van der Waals surface area contributed by atoms with Gasteiger partial charge in [0.05, 0.1) is 30.3 Å². The Morgan fingerprint density at radius 1 is 1.26 bits per heavy atom. The van der Waals surface area contributed by atoms with Crippen molar-refractivity contribution in [2.45, 2.75) is 44.6 Å². The predicted octanol–water partition coefficient (Wildman–Crippen LogP) is 4.32. The Balaban J connectivity index is 2.23. The number of allylic oxidation sites excluding steroid dienone is 1. The highest BCUT2D eigenvalue weighted by atomic mass is 35.5. The Kier molecular flexibility index (Phi) is 8.24. The molecule has 0 fully saturated rings. The number of hydrogen-bond acceptors (Lipinski definition) is 7. The number of sulfone groups is 1. The number of H-pyrrole nitrogens is 1. The van der Waals surface area contributed by atoms with Crippen LogP contribution in [0.2, 0.25) is 5.02 Å². The number of hydrogen-bond donors (Lipinski definition) is 1. The van der Waals surface area contributed by atoms with Gasteiger partial charge in [-0.15, -0.1) is 0 Å². The lowest BCUT2D eigenvalue weighted by atomic mass is 10.1. The van der Waals surface area contributed by atoms with Crippen LogP contribution in [0.15, 0.2) is 57.2 Å². The number of halogens is 3. The number of benzene rings is 1. The number of aromatic nitrogens is 3. The molecule has 13 heteroatoms. The van der Waals surface area contributed by atoms with Gasteiger partial charge < -0.3 is 9.72 Å². The van der Waals surface area contributed by atoms with Gasteiger partial charge in [-0.2, -0.15) is 14.0 Å². The van der Waals surface area contributed by atoms with Crippen LogP contribution in [0.5, 0.6) is 11.5 Å². The lowest BCUT2D eigenvalue weighted by Gasteiger charge is -2.20. The van der Waals surface area contributed by atoms with Crippen LogP contribution in [-0.4, -0.2) is 28.7 Å². The largest absolute Gasteiger partial charge is 0.449 e. The van der Waals surface area contributed by atoms with E-state index in [1.807, 2.05) is 6.07 Å². The van der Waals surface area contributed by atoms with Gasteiger partial charge in [0.2, 0.25) is 5.75 Å². The first kappa shape index (κ1) is 28.7. The number of rotatable bonds is 9. The zero-order chi connectivity index (χ0) is 28.4. The molecule has 0 aliphatic carbocycles. The molecule has 0 spiro atoms. The average Bonchev–Trinajstić information content (AvgIpc) is 2.86. The maximum absolute atomic E-state index is 15.0. The van der Waals surface area contributed by atoms with Crippen molar-refractivity contribution in [3.63, 3.8) is 0 Å². The van der Waals surface area contributed by atoms with Crippen molar-refractivity contribution in [1.29, 1.82) is 5.26 Å². The van der Waals surface area contributed by atoms with E-state index in [-0.39, 0.29) is 40.6 Å². The van der Waals surface area contributed by atoms with Gasteiger partial charge in [-0.1, -0.05) is 32.0 Å². The lowest BCUT2D eigenvalue weighted by Crippen LogP contribution is -2.29. The SMILES string of the molecule is C=C(C)C(F)(F)c1ncn(Cc2cc(S(=O)(=O)CC)c(=O)[nH]c2CC)c(=O)c1Oc1cc(Cl)cc(C#N)c1. The number of nitrogens with zero attached hydrogens (tertiary/aromatic N) is 3. The minimum Gasteiger partial charge on any atom is -0.449 e. The van der Waals surface area contributed by atoms with Crippen LogP contribution < -0.4 is 15.9 Å². The van der Waals surface area contributed by atoms with Crippen molar-refractivity contribution < 1.29 is 21.9 Å². The summed E-state index contributed by atoms with van der Waals surface area (Å²) in [5, 5.41) is 9.27. The monoisotopic (exact) mass is 564 g/mol. The van der Waals surface area contributed by atoms with Crippen molar-refractivity contribution >= 4 is 21.4 Å². The van der Waals surface area contributed by atoms with E-state index in [0.29, 0.717) is 5.69 Å². The summed E-state index contributed by atoms with van der Waals surface area (Å²) in [6.07, 6.45) is 1.16. The maximum Gasteiger partial charge on any atom is 0.314 e. The molecule has 0 bridgehead atoms. The third-order valence-electron chi connectivity index (χ3n) is 5.64. The van der Waals surface area contributed by atoms with E-state index in [2.05, 4.69) is 16.5 Å². The van der Waals surface area contributed by atoms with E-state index in [0.717, 1.165) is 23.9 Å². The fourth-order valence-electron chi connectivity index (χ4n) is 3.52. The molecule has 1 N–H and O–H groups in total. The molecule has 2 aromatic heterocycles. The first-order valence-electron chi connectivity index (χ1n) is 11.2. The van der Waals surface area contributed by atoms with Crippen molar-refractivity contribution in [2.75, 3.05) is 5.75 Å². The third kappa shape index (κ3) is 5.69. The molecule has 9 nitrogen and oxygen atoms in total. The van der Waals surface area contributed by atoms with Crippen LogP contribution in [0.3, 0.4) is 0 Å². The standard InChI is InChI=1S/C25H23ClF2N4O5S/c1-5-19-16(9-20(23(33)31-19)38(35,36)6-2)12-32-13-30-22(25(27,28)14(3)4)21(24(32)34)37-18-8-15(11-29)7-17(26)10-18/h7-10,13H,3,5-6,12H2,1-2,4H3,(H,31,33). The highest BCUT2D eigenvalue weighted by Gasteiger charge is 2.39. The molecular weight excluding hydrogens is 542 g/mol. The number of aromatic amines is 1. The lowest BCUT2D eigenvalue weighted by molar-refractivity contribution is 0.0309. The molecule has 0 unspecified atom stereocenters. The van der Waals surface area contributed by atoms with Crippen molar-refractivity contribution in [3.8, 4) is 17.6 Å². The van der Waals surface area contributed by atoms with Gasteiger partial charge in [0.1, 0.15) is 10.6 Å². The van der Waals surface area contributed by atoms with E-state index >= 15 is 8.78 Å². The van der Waals surface area contributed by atoms with Gasteiger partial charge in [-0.25, -0.2) is 13.4 Å². The second-order valence-electron chi connectivity index (χ2n) is 8.32. The molecule has 38 heavy (non-hydrogen) atoms. The Morgan fingerprint density at radius 2 is 1.95 bits per heavy atom. The molecule has 0 aliphatic rings. The first-order chi connectivity index (χ1) is 17.7. The number of nitriles is 1. The van der Waals surface area contributed by atoms with Gasteiger partial charge >= 0.3 is 5.92 Å². The molecule has 0 amide bonds. The number of aryl methyl sites for hydroxylation is 1. The van der Waals surface area contributed by atoms with Crippen LogP contribution in [0.4, 0.5) is 8.78 Å². The Hall–Kier alpha value is -3.82. The molecule has 0 atom stereocenters.